The van der Waals surface area contributed by atoms with Gasteiger partial charge in [0.1, 0.15) is 10.7 Å². The molecule has 2 aromatic rings. The van der Waals surface area contributed by atoms with Crippen LogP contribution in [0.5, 0.6) is 0 Å². The molecule has 0 amide bonds. The topological polar surface area (TPSA) is 92.3 Å². The lowest BCUT2D eigenvalue weighted by Crippen LogP contribution is -2.42. The van der Waals surface area contributed by atoms with Crippen LogP contribution in [0.25, 0.3) is 0 Å². The number of sulfonamides is 1. The van der Waals surface area contributed by atoms with Crippen molar-refractivity contribution in [1.29, 1.82) is 0 Å². The van der Waals surface area contributed by atoms with Gasteiger partial charge in [-0.25, -0.2) is 25.9 Å². The van der Waals surface area contributed by atoms with E-state index in [1.54, 1.807) is 13.8 Å². The number of nitrogens with one attached hydrogen (secondary N) is 2. The Morgan fingerprint density at radius 1 is 1.10 bits per heavy atom. The normalized spacial score (nSPS) is 20.4. The molecule has 2 aromatic carbocycles. The van der Waals surface area contributed by atoms with Gasteiger partial charge >= 0.3 is 0 Å². The largest absolute Gasteiger partial charge is 0.317 e. The Balaban J connectivity index is 1.88. The van der Waals surface area contributed by atoms with E-state index in [1.807, 2.05) is 0 Å². The maximum Gasteiger partial charge on any atom is 0.242 e. The molecule has 1 saturated heterocycles. The van der Waals surface area contributed by atoms with Crippen molar-refractivity contribution in [3.63, 3.8) is 0 Å². The van der Waals surface area contributed by atoms with E-state index in [2.05, 4.69) is 10.0 Å². The van der Waals surface area contributed by atoms with Crippen LogP contribution in [0.3, 0.4) is 0 Å². The average molecular weight is 473 g/mol. The van der Waals surface area contributed by atoms with E-state index in [0.717, 1.165) is 12.1 Å². The van der Waals surface area contributed by atoms with Gasteiger partial charge in [-0.05, 0) is 61.3 Å². The maximum atomic E-state index is 13.9. The molecule has 2 aliphatic rings. The van der Waals surface area contributed by atoms with Gasteiger partial charge in [-0.2, -0.15) is 0 Å². The van der Waals surface area contributed by atoms with Gasteiger partial charge in [0.25, 0.3) is 0 Å². The van der Waals surface area contributed by atoms with E-state index in [0.29, 0.717) is 37.1 Å². The highest BCUT2D eigenvalue weighted by atomic mass is 35.5. The molecule has 0 atom stereocenters. The standard InChI is InChI=1S/C20H22ClFN2O4S2/c1-20(2)14-4-3-12(22)9-17(14)29(25,26)18-11-19(16(21)10-15(18)20)30(27,28)24-13-5-7-23-8-6-13/h3-4,9-11,13,23-24H,5-8H2,1-2H3. The third-order valence-corrected chi connectivity index (χ3v) is 9.67. The van der Waals surface area contributed by atoms with Crippen molar-refractivity contribution in [2.75, 3.05) is 13.1 Å². The quantitative estimate of drug-likeness (QED) is 0.716. The lowest BCUT2D eigenvalue weighted by Gasteiger charge is -2.35. The molecule has 2 heterocycles. The van der Waals surface area contributed by atoms with Crippen molar-refractivity contribution < 1.29 is 21.2 Å². The minimum atomic E-state index is -4.13. The Kier molecular flexibility index (Phi) is 5.26. The first-order valence-electron chi connectivity index (χ1n) is 9.57. The molecule has 2 aliphatic heterocycles. The molecule has 0 aliphatic carbocycles. The molecule has 0 spiro atoms. The molecule has 1 fully saturated rings. The SMILES string of the molecule is CC1(C)c2ccc(F)cc2S(=O)(=O)c2cc(S(=O)(=O)NC3CCNCC3)c(Cl)cc21. The van der Waals surface area contributed by atoms with Crippen LogP contribution in [0.4, 0.5) is 4.39 Å². The van der Waals surface area contributed by atoms with Crippen LogP contribution in [0.15, 0.2) is 45.0 Å². The zero-order valence-corrected chi connectivity index (χ0v) is 18.9. The summed E-state index contributed by atoms with van der Waals surface area (Å²) in [7, 11) is -8.17. The molecular weight excluding hydrogens is 451 g/mol. The number of fused-ring (bicyclic) bond motifs is 2. The summed E-state index contributed by atoms with van der Waals surface area (Å²) in [4.78, 5) is -0.613. The molecule has 6 nitrogen and oxygen atoms in total. The first-order chi connectivity index (χ1) is 13.9. The third-order valence-electron chi connectivity index (χ3n) is 5.85. The van der Waals surface area contributed by atoms with Gasteiger partial charge in [-0.3, -0.25) is 0 Å². The van der Waals surface area contributed by atoms with Crippen LogP contribution in [0.1, 0.15) is 37.8 Å². The number of sulfone groups is 1. The van der Waals surface area contributed by atoms with Crippen LogP contribution >= 0.6 is 11.6 Å². The van der Waals surface area contributed by atoms with Gasteiger partial charge in [-0.15, -0.1) is 0 Å². The lowest BCUT2D eigenvalue weighted by molar-refractivity contribution is 0.427. The second kappa shape index (κ2) is 7.27. The fourth-order valence-electron chi connectivity index (χ4n) is 4.17. The second-order valence-corrected chi connectivity index (χ2v) is 12.2. The molecule has 0 bridgehead atoms. The van der Waals surface area contributed by atoms with Crippen molar-refractivity contribution >= 4 is 31.5 Å². The Morgan fingerprint density at radius 2 is 1.73 bits per heavy atom. The van der Waals surface area contributed by atoms with E-state index in [9.17, 15) is 21.2 Å². The highest BCUT2D eigenvalue weighted by Gasteiger charge is 2.42. The van der Waals surface area contributed by atoms with Crippen molar-refractivity contribution in [3.05, 3.63) is 52.3 Å². The molecule has 0 unspecified atom stereocenters. The molecule has 4 rings (SSSR count). The van der Waals surface area contributed by atoms with Crippen LogP contribution in [0.2, 0.25) is 5.02 Å². The minimum absolute atomic E-state index is 0.0518. The van der Waals surface area contributed by atoms with E-state index >= 15 is 0 Å². The Hall–Kier alpha value is -1.52. The number of benzene rings is 2. The third kappa shape index (κ3) is 3.46. The van der Waals surface area contributed by atoms with Gasteiger partial charge in [0.2, 0.25) is 19.9 Å². The summed E-state index contributed by atoms with van der Waals surface area (Å²) < 4.78 is 69.1. The Morgan fingerprint density at radius 3 is 2.40 bits per heavy atom. The fraction of sp³-hybridized carbons (Fsp3) is 0.400. The van der Waals surface area contributed by atoms with E-state index < -0.39 is 31.1 Å². The van der Waals surface area contributed by atoms with Crippen molar-refractivity contribution in [2.45, 2.75) is 52.8 Å². The van der Waals surface area contributed by atoms with E-state index in [-0.39, 0.29) is 25.8 Å². The van der Waals surface area contributed by atoms with Gasteiger partial charge in [0.15, 0.2) is 0 Å². The highest BCUT2D eigenvalue weighted by Crippen LogP contribution is 2.47. The predicted molar refractivity (Wildman–Crippen MR) is 112 cm³/mol. The summed E-state index contributed by atoms with van der Waals surface area (Å²) in [6, 6.07) is 5.88. The summed E-state index contributed by atoms with van der Waals surface area (Å²) in [6.07, 6.45) is 1.25. The minimum Gasteiger partial charge on any atom is -0.317 e. The maximum absolute atomic E-state index is 13.9. The van der Waals surface area contributed by atoms with Gasteiger partial charge in [0.05, 0.1) is 14.8 Å². The summed E-state index contributed by atoms with van der Waals surface area (Å²) in [6.45, 7) is 4.98. The summed E-state index contributed by atoms with van der Waals surface area (Å²) in [5.41, 5.74) is 0.0151. The average Bonchev–Trinajstić information content (AvgIpc) is 2.66. The van der Waals surface area contributed by atoms with Crippen LogP contribution < -0.4 is 10.0 Å². The Bertz CT molecular complexity index is 1240. The molecule has 2 N–H and O–H groups in total. The number of rotatable bonds is 3. The van der Waals surface area contributed by atoms with Crippen molar-refractivity contribution in [3.8, 4) is 0 Å². The summed E-state index contributed by atoms with van der Waals surface area (Å²) >= 11 is 6.35. The zero-order valence-electron chi connectivity index (χ0n) is 16.5. The molecule has 162 valence electrons. The fourth-order valence-corrected chi connectivity index (χ4v) is 8.10. The predicted octanol–water partition coefficient (Wildman–Crippen LogP) is 2.98. The first kappa shape index (κ1) is 21.7. The molecule has 0 saturated carbocycles. The lowest BCUT2D eigenvalue weighted by atomic mass is 9.77. The van der Waals surface area contributed by atoms with Crippen LogP contribution in [-0.4, -0.2) is 36.0 Å². The molecule has 0 aromatic heterocycles. The smallest absolute Gasteiger partial charge is 0.242 e. The van der Waals surface area contributed by atoms with Gasteiger partial charge in [-0.1, -0.05) is 31.5 Å². The zero-order chi connectivity index (χ0) is 21.9. The monoisotopic (exact) mass is 472 g/mol. The van der Waals surface area contributed by atoms with Crippen LogP contribution in [-0.2, 0) is 25.3 Å². The van der Waals surface area contributed by atoms with Gasteiger partial charge < -0.3 is 5.32 Å². The summed E-state index contributed by atoms with van der Waals surface area (Å²) in [5.74, 6) is -0.675. The molecule has 30 heavy (non-hydrogen) atoms. The molecular formula is C20H22ClFN2O4S2. The van der Waals surface area contributed by atoms with Crippen LogP contribution in [0, 0.1) is 5.82 Å². The first-order valence-corrected chi connectivity index (χ1v) is 12.9. The van der Waals surface area contributed by atoms with E-state index in [4.69, 9.17) is 11.6 Å². The van der Waals surface area contributed by atoms with Gasteiger partial charge in [0, 0.05) is 11.5 Å². The Labute approximate surface area is 180 Å². The molecule has 0 radical (unpaired) electrons. The number of piperidine rings is 1. The second-order valence-electron chi connectivity index (χ2n) is 8.19. The molecule has 10 heteroatoms. The van der Waals surface area contributed by atoms with Crippen molar-refractivity contribution in [1.82, 2.24) is 10.0 Å². The number of halogens is 2. The van der Waals surface area contributed by atoms with Crippen molar-refractivity contribution in [2.24, 2.45) is 0 Å². The highest BCUT2D eigenvalue weighted by molar-refractivity contribution is 7.92. The number of hydrogen-bond acceptors (Lipinski definition) is 5. The number of hydrogen-bond donors (Lipinski definition) is 2. The summed E-state index contributed by atoms with van der Waals surface area (Å²) in [5, 5.41) is 3.10. The van der Waals surface area contributed by atoms with E-state index in [1.165, 1.54) is 18.2 Å².